The summed E-state index contributed by atoms with van der Waals surface area (Å²) in [6, 6.07) is 13.0. The molecule has 5 heteroatoms. The highest BCUT2D eigenvalue weighted by atomic mass is 35.5. The molecule has 0 heterocycles. The van der Waals surface area contributed by atoms with Gasteiger partial charge in [-0.25, -0.2) is 4.39 Å². The Kier molecular flexibility index (Phi) is 4.46. The molecule has 0 fully saturated rings. The van der Waals surface area contributed by atoms with Gasteiger partial charge in [-0.3, -0.25) is 0 Å². The first kappa shape index (κ1) is 15.3. The highest BCUT2D eigenvalue weighted by Crippen LogP contribution is 2.25. The molecule has 2 aromatic rings. The van der Waals surface area contributed by atoms with Crippen LogP contribution in [0, 0.1) is 17.1 Å². The maximum atomic E-state index is 13.5. The Morgan fingerprint density at radius 1 is 1.33 bits per heavy atom. The van der Waals surface area contributed by atoms with E-state index in [4.69, 9.17) is 16.9 Å². The van der Waals surface area contributed by atoms with Crippen LogP contribution in [0.3, 0.4) is 0 Å². The van der Waals surface area contributed by atoms with Crippen LogP contribution in [-0.4, -0.2) is 11.7 Å². The van der Waals surface area contributed by atoms with E-state index in [1.807, 2.05) is 6.07 Å². The Morgan fingerprint density at radius 2 is 2.05 bits per heavy atom. The fourth-order valence-electron chi connectivity index (χ4n) is 1.98. The zero-order valence-corrected chi connectivity index (χ0v) is 12.2. The monoisotopic (exact) mass is 304 g/mol. The van der Waals surface area contributed by atoms with E-state index in [1.165, 1.54) is 12.1 Å². The van der Waals surface area contributed by atoms with Crippen molar-refractivity contribution in [2.24, 2.45) is 0 Å². The van der Waals surface area contributed by atoms with Crippen molar-refractivity contribution in [1.82, 2.24) is 0 Å². The molecule has 21 heavy (non-hydrogen) atoms. The van der Waals surface area contributed by atoms with Crippen LogP contribution in [0.5, 0.6) is 0 Å². The van der Waals surface area contributed by atoms with E-state index in [-0.39, 0.29) is 12.1 Å². The first-order valence-corrected chi connectivity index (χ1v) is 6.73. The minimum absolute atomic E-state index is 0.0700. The van der Waals surface area contributed by atoms with Gasteiger partial charge in [-0.05, 0) is 36.8 Å². The van der Waals surface area contributed by atoms with Crippen LogP contribution in [0.4, 0.5) is 10.1 Å². The summed E-state index contributed by atoms with van der Waals surface area (Å²) in [6.45, 7) is 1.74. The molecule has 0 saturated heterocycles. The Hall–Kier alpha value is -2.09. The summed E-state index contributed by atoms with van der Waals surface area (Å²) >= 11 is 5.91. The normalized spacial score (nSPS) is 13.3. The zero-order valence-electron chi connectivity index (χ0n) is 11.4. The predicted octanol–water partition coefficient (Wildman–Crippen LogP) is 3.67. The van der Waals surface area contributed by atoms with Gasteiger partial charge in [0.25, 0.3) is 0 Å². The highest BCUT2D eigenvalue weighted by molar-refractivity contribution is 6.30. The van der Waals surface area contributed by atoms with Gasteiger partial charge >= 0.3 is 0 Å². The molecule has 0 aliphatic rings. The Labute approximate surface area is 127 Å². The Balaban J connectivity index is 2.20. The summed E-state index contributed by atoms with van der Waals surface area (Å²) in [5.74, 6) is -0.593. The maximum absolute atomic E-state index is 13.5. The van der Waals surface area contributed by atoms with Gasteiger partial charge in [0.15, 0.2) is 0 Å². The molecule has 108 valence electrons. The Morgan fingerprint density at radius 3 is 2.71 bits per heavy atom. The number of benzene rings is 2. The van der Waals surface area contributed by atoms with Crippen LogP contribution in [0.25, 0.3) is 0 Å². The smallest absolute Gasteiger partial charge is 0.143 e. The minimum atomic E-state index is -1.20. The number of rotatable bonds is 4. The average Bonchev–Trinajstić information content (AvgIpc) is 2.45. The molecule has 0 radical (unpaired) electrons. The molecule has 2 N–H and O–H groups in total. The fraction of sp³-hybridized carbons (Fsp3) is 0.188. The van der Waals surface area contributed by atoms with Crippen LogP contribution in [0.2, 0.25) is 5.02 Å². The van der Waals surface area contributed by atoms with E-state index in [1.54, 1.807) is 37.3 Å². The predicted molar refractivity (Wildman–Crippen MR) is 80.6 cm³/mol. The summed E-state index contributed by atoms with van der Waals surface area (Å²) in [6.07, 6.45) is 0. The number of hydrogen-bond donors (Lipinski definition) is 2. The lowest BCUT2D eigenvalue weighted by Crippen LogP contribution is -2.31. The molecular weight excluding hydrogens is 291 g/mol. The second-order valence-corrected chi connectivity index (χ2v) is 5.35. The largest absolute Gasteiger partial charge is 0.384 e. The van der Waals surface area contributed by atoms with Gasteiger partial charge in [0, 0.05) is 11.6 Å². The summed E-state index contributed by atoms with van der Waals surface area (Å²) in [5.41, 5.74) is -0.291. The molecule has 0 amide bonds. The van der Waals surface area contributed by atoms with Crippen LogP contribution in [0.1, 0.15) is 18.1 Å². The number of hydrogen-bond acceptors (Lipinski definition) is 3. The minimum Gasteiger partial charge on any atom is -0.384 e. The summed E-state index contributed by atoms with van der Waals surface area (Å²) in [4.78, 5) is 0. The van der Waals surface area contributed by atoms with E-state index < -0.39 is 11.4 Å². The van der Waals surface area contributed by atoms with E-state index in [9.17, 15) is 9.50 Å². The quantitative estimate of drug-likeness (QED) is 0.906. The van der Waals surface area contributed by atoms with Gasteiger partial charge in [0.2, 0.25) is 0 Å². The van der Waals surface area contributed by atoms with E-state index in [0.29, 0.717) is 16.3 Å². The van der Waals surface area contributed by atoms with Gasteiger partial charge in [0.1, 0.15) is 23.1 Å². The number of nitrogens with zero attached hydrogens (tertiary/aromatic N) is 1. The molecule has 0 aromatic heterocycles. The van der Waals surface area contributed by atoms with Crippen LogP contribution < -0.4 is 5.32 Å². The second kappa shape index (κ2) is 6.13. The van der Waals surface area contributed by atoms with Crippen molar-refractivity contribution in [3.05, 3.63) is 64.4 Å². The molecule has 0 bridgehead atoms. The second-order valence-electron chi connectivity index (χ2n) is 4.91. The standard InChI is InChI=1S/C16H14ClFN2O/c1-16(21,11-4-2-5-12(17)8-11)10-20-15-7-3-6-14(18)13(15)9-19/h2-8,20-21H,10H2,1H3. The SMILES string of the molecule is CC(O)(CNc1cccc(F)c1C#N)c1cccc(Cl)c1. The average molecular weight is 305 g/mol. The number of anilines is 1. The van der Waals surface area contributed by atoms with Crippen LogP contribution >= 0.6 is 11.6 Å². The molecule has 2 rings (SSSR count). The number of aliphatic hydroxyl groups is 1. The molecule has 0 aliphatic carbocycles. The van der Waals surface area contributed by atoms with E-state index in [2.05, 4.69) is 5.32 Å². The van der Waals surface area contributed by atoms with Gasteiger partial charge < -0.3 is 10.4 Å². The summed E-state index contributed by atoms with van der Waals surface area (Å²) in [7, 11) is 0. The third-order valence-electron chi connectivity index (χ3n) is 3.19. The van der Waals surface area contributed by atoms with Crippen LogP contribution in [-0.2, 0) is 5.60 Å². The molecular formula is C16H14ClFN2O. The summed E-state index contributed by atoms with van der Waals surface area (Å²) in [5, 5.41) is 22.9. The van der Waals surface area contributed by atoms with Gasteiger partial charge in [-0.2, -0.15) is 5.26 Å². The highest BCUT2D eigenvalue weighted by Gasteiger charge is 2.23. The fourth-order valence-corrected chi connectivity index (χ4v) is 2.17. The van der Waals surface area contributed by atoms with Crippen LogP contribution in [0.15, 0.2) is 42.5 Å². The number of halogens is 2. The molecule has 3 nitrogen and oxygen atoms in total. The van der Waals surface area contributed by atoms with Gasteiger partial charge in [0.05, 0.1) is 5.69 Å². The number of nitrogens with one attached hydrogen (secondary N) is 1. The number of nitriles is 1. The van der Waals surface area contributed by atoms with Crippen molar-refractivity contribution < 1.29 is 9.50 Å². The molecule has 0 aliphatic heterocycles. The van der Waals surface area contributed by atoms with Crippen molar-refractivity contribution in [3.63, 3.8) is 0 Å². The van der Waals surface area contributed by atoms with Crippen molar-refractivity contribution in [1.29, 1.82) is 5.26 Å². The molecule has 0 saturated carbocycles. The lowest BCUT2D eigenvalue weighted by Gasteiger charge is -2.25. The third kappa shape index (κ3) is 3.52. The third-order valence-corrected chi connectivity index (χ3v) is 3.43. The molecule has 2 aromatic carbocycles. The lowest BCUT2D eigenvalue weighted by atomic mass is 9.96. The topological polar surface area (TPSA) is 56.0 Å². The van der Waals surface area contributed by atoms with E-state index >= 15 is 0 Å². The van der Waals surface area contributed by atoms with Gasteiger partial charge in [-0.15, -0.1) is 0 Å². The molecule has 1 unspecified atom stereocenters. The molecule has 1 atom stereocenters. The van der Waals surface area contributed by atoms with Crippen molar-refractivity contribution in [2.45, 2.75) is 12.5 Å². The first-order valence-electron chi connectivity index (χ1n) is 6.35. The van der Waals surface area contributed by atoms with Crippen molar-refractivity contribution >= 4 is 17.3 Å². The molecule has 0 spiro atoms. The summed E-state index contributed by atoms with van der Waals surface area (Å²) < 4.78 is 13.5. The lowest BCUT2D eigenvalue weighted by molar-refractivity contribution is 0.0715. The van der Waals surface area contributed by atoms with Gasteiger partial charge in [-0.1, -0.05) is 29.8 Å². The van der Waals surface area contributed by atoms with Crippen molar-refractivity contribution in [2.75, 3.05) is 11.9 Å². The maximum Gasteiger partial charge on any atom is 0.143 e. The van der Waals surface area contributed by atoms with Crippen molar-refractivity contribution in [3.8, 4) is 6.07 Å². The van der Waals surface area contributed by atoms with E-state index in [0.717, 1.165) is 0 Å². The first-order chi connectivity index (χ1) is 9.94. The zero-order chi connectivity index (χ0) is 15.5. The Bertz CT molecular complexity index is 695.